The maximum absolute atomic E-state index is 12.0. The van der Waals surface area contributed by atoms with Crippen LogP contribution in [0.3, 0.4) is 0 Å². The number of hydrogen-bond donors (Lipinski definition) is 2. The van der Waals surface area contributed by atoms with Crippen LogP contribution >= 0.6 is 0 Å². The minimum absolute atomic E-state index is 0.0152. The van der Waals surface area contributed by atoms with E-state index in [-0.39, 0.29) is 17.9 Å². The van der Waals surface area contributed by atoms with Gasteiger partial charge in [0, 0.05) is 54.4 Å². The molecule has 0 bridgehead atoms. The largest absolute Gasteiger partial charge is 0.398 e. The number of aryl methyl sites for hydroxylation is 1. The van der Waals surface area contributed by atoms with Gasteiger partial charge in [-0.05, 0) is 62.3 Å². The molecule has 7 heteroatoms. The molecule has 4 rings (SSSR count). The molecule has 31 heavy (non-hydrogen) atoms. The van der Waals surface area contributed by atoms with Crippen molar-refractivity contribution in [2.24, 2.45) is 0 Å². The number of nitrogens with zero attached hydrogens (tertiary/aromatic N) is 4. The van der Waals surface area contributed by atoms with Crippen molar-refractivity contribution in [2.75, 3.05) is 30.3 Å². The monoisotopic (exact) mass is 418 g/mol. The molecule has 162 valence electrons. The molecule has 1 fully saturated rings. The number of nitrogen functional groups attached to an aromatic ring is 1. The van der Waals surface area contributed by atoms with Crippen LogP contribution in [-0.4, -0.2) is 52.7 Å². The predicted molar refractivity (Wildman–Crippen MR) is 124 cm³/mol. The molecule has 1 amide bonds. The van der Waals surface area contributed by atoms with Crippen LogP contribution in [-0.2, 0) is 17.6 Å². The number of aromatic nitrogens is 2. The normalized spacial score (nSPS) is 20.8. The first-order valence-corrected chi connectivity index (χ1v) is 10.8. The third kappa shape index (κ3) is 3.80. The van der Waals surface area contributed by atoms with Crippen LogP contribution in [0.25, 0.3) is 0 Å². The van der Waals surface area contributed by atoms with Crippen molar-refractivity contribution in [2.45, 2.75) is 45.1 Å². The number of anilines is 2. The van der Waals surface area contributed by atoms with E-state index < -0.39 is 0 Å². The molecule has 1 saturated heterocycles. The number of benzene rings is 1. The molecule has 0 radical (unpaired) electrons. The van der Waals surface area contributed by atoms with Crippen molar-refractivity contribution in [1.29, 1.82) is 5.41 Å². The highest BCUT2D eigenvalue weighted by Crippen LogP contribution is 2.39. The van der Waals surface area contributed by atoms with Crippen molar-refractivity contribution < 1.29 is 4.79 Å². The number of amides is 1. The number of rotatable bonds is 4. The summed E-state index contributed by atoms with van der Waals surface area (Å²) in [5.41, 5.74) is 12.3. The molecule has 2 heterocycles. The summed E-state index contributed by atoms with van der Waals surface area (Å²) in [6.45, 7) is 9.91. The Labute approximate surface area is 183 Å². The van der Waals surface area contributed by atoms with Crippen molar-refractivity contribution in [3.05, 3.63) is 59.1 Å². The van der Waals surface area contributed by atoms with Gasteiger partial charge in [-0.3, -0.25) is 4.79 Å². The van der Waals surface area contributed by atoms with Gasteiger partial charge in [-0.25, -0.2) is 9.97 Å². The van der Waals surface area contributed by atoms with Gasteiger partial charge < -0.3 is 20.9 Å². The van der Waals surface area contributed by atoms with E-state index in [1.54, 1.807) is 6.33 Å². The number of fused-ring (bicyclic) bond motifs is 1. The number of carbonyl (C=O) groups excluding carboxylic acids is 1. The SMILES string of the molecule is C=CC(=O)N1CCN(c2ncnc3c2CCC(c2c(C)ccc(N)c2C=N)C3)[C@@H](C)C1. The highest BCUT2D eigenvalue weighted by atomic mass is 16.2. The first-order chi connectivity index (χ1) is 14.9. The lowest BCUT2D eigenvalue weighted by atomic mass is 9.78. The maximum atomic E-state index is 12.0. The van der Waals surface area contributed by atoms with Crippen LogP contribution in [0, 0.1) is 12.3 Å². The van der Waals surface area contributed by atoms with E-state index in [0.29, 0.717) is 18.8 Å². The van der Waals surface area contributed by atoms with Gasteiger partial charge in [-0.2, -0.15) is 0 Å². The summed E-state index contributed by atoms with van der Waals surface area (Å²) >= 11 is 0. The molecule has 1 aromatic heterocycles. The fourth-order valence-corrected chi connectivity index (χ4v) is 5.08. The fraction of sp³-hybridized carbons (Fsp3) is 0.417. The van der Waals surface area contributed by atoms with Gasteiger partial charge in [-0.15, -0.1) is 0 Å². The van der Waals surface area contributed by atoms with Gasteiger partial charge in [0.05, 0.1) is 0 Å². The zero-order valence-electron chi connectivity index (χ0n) is 18.3. The Morgan fingerprint density at radius 2 is 2.13 bits per heavy atom. The summed E-state index contributed by atoms with van der Waals surface area (Å²) < 4.78 is 0. The van der Waals surface area contributed by atoms with Gasteiger partial charge in [0.25, 0.3) is 0 Å². The van der Waals surface area contributed by atoms with E-state index in [4.69, 9.17) is 11.1 Å². The standard InChI is InChI=1S/C24H30N6O/c1-4-22(31)29-9-10-30(16(3)13-29)24-18-7-6-17(11-21(18)27-14-28-24)23-15(2)5-8-20(26)19(23)12-25/h4-5,8,12,14,16-17,25H,1,6-7,9-11,13,26H2,2-3H3/t16-,17?/m0/s1. The lowest BCUT2D eigenvalue weighted by molar-refractivity contribution is -0.126. The summed E-state index contributed by atoms with van der Waals surface area (Å²) in [7, 11) is 0. The number of carbonyl (C=O) groups is 1. The summed E-state index contributed by atoms with van der Waals surface area (Å²) in [5.74, 6) is 1.27. The highest BCUT2D eigenvalue weighted by molar-refractivity contribution is 5.88. The lowest BCUT2D eigenvalue weighted by Gasteiger charge is -2.41. The molecule has 3 N–H and O–H groups in total. The Morgan fingerprint density at radius 1 is 1.32 bits per heavy atom. The lowest BCUT2D eigenvalue weighted by Crippen LogP contribution is -2.54. The van der Waals surface area contributed by atoms with E-state index in [1.807, 2.05) is 17.0 Å². The van der Waals surface area contributed by atoms with Crippen LogP contribution in [0.5, 0.6) is 0 Å². The number of piperazine rings is 1. The quantitative estimate of drug-likeness (QED) is 0.452. The zero-order chi connectivity index (χ0) is 22.1. The van der Waals surface area contributed by atoms with Crippen LogP contribution in [0.2, 0.25) is 0 Å². The topological polar surface area (TPSA) is 99.2 Å². The molecule has 1 aromatic carbocycles. The van der Waals surface area contributed by atoms with Crippen LogP contribution in [0.4, 0.5) is 11.5 Å². The molecule has 0 spiro atoms. The van der Waals surface area contributed by atoms with Gasteiger partial charge in [-0.1, -0.05) is 12.6 Å². The molecule has 1 unspecified atom stereocenters. The number of nitrogens with two attached hydrogens (primary N) is 1. The molecule has 7 nitrogen and oxygen atoms in total. The Kier molecular flexibility index (Phi) is 5.76. The van der Waals surface area contributed by atoms with E-state index in [9.17, 15) is 4.79 Å². The minimum atomic E-state index is -0.0152. The predicted octanol–water partition coefficient (Wildman–Crippen LogP) is 2.86. The van der Waals surface area contributed by atoms with E-state index in [0.717, 1.165) is 42.9 Å². The second-order valence-electron chi connectivity index (χ2n) is 8.54. The number of hydrogen-bond acceptors (Lipinski definition) is 6. The summed E-state index contributed by atoms with van der Waals surface area (Å²) in [4.78, 5) is 25.4. The molecule has 1 aliphatic carbocycles. The average molecular weight is 419 g/mol. The number of nitrogens with one attached hydrogen (secondary N) is 1. The van der Waals surface area contributed by atoms with Gasteiger partial charge in [0.2, 0.25) is 5.91 Å². The zero-order valence-corrected chi connectivity index (χ0v) is 18.3. The molecular weight excluding hydrogens is 388 g/mol. The van der Waals surface area contributed by atoms with E-state index in [2.05, 4.69) is 35.3 Å². The van der Waals surface area contributed by atoms with Crippen molar-refractivity contribution in [1.82, 2.24) is 14.9 Å². The second-order valence-corrected chi connectivity index (χ2v) is 8.54. The van der Waals surface area contributed by atoms with Gasteiger partial charge >= 0.3 is 0 Å². The molecule has 2 aromatic rings. The smallest absolute Gasteiger partial charge is 0.246 e. The Bertz CT molecular complexity index is 1030. The average Bonchev–Trinajstić information content (AvgIpc) is 2.79. The molecule has 0 saturated carbocycles. The van der Waals surface area contributed by atoms with Crippen molar-refractivity contribution in [3.63, 3.8) is 0 Å². The second kappa shape index (κ2) is 8.49. The molecule has 1 aliphatic heterocycles. The van der Waals surface area contributed by atoms with Gasteiger partial charge in [0.1, 0.15) is 12.1 Å². The summed E-state index contributed by atoms with van der Waals surface area (Å²) in [6.07, 6.45) is 7.11. The Hall–Kier alpha value is -3.22. The van der Waals surface area contributed by atoms with E-state index >= 15 is 0 Å². The van der Waals surface area contributed by atoms with Crippen LogP contribution < -0.4 is 10.6 Å². The fourth-order valence-electron chi connectivity index (χ4n) is 5.08. The first-order valence-electron chi connectivity index (χ1n) is 10.8. The van der Waals surface area contributed by atoms with Crippen molar-refractivity contribution >= 4 is 23.6 Å². The summed E-state index contributed by atoms with van der Waals surface area (Å²) in [6, 6.07) is 4.11. The highest BCUT2D eigenvalue weighted by Gasteiger charge is 2.32. The first kappa shape index (κ1) is 21.0. The van der Waals surface area contributed by atoms with Crippen LogP contribution in [0.1, 0.15) is 47.2 Å². The Balaban J connectivity index is 1.61. The minimum Gasteiger partial charge on any atom is -0.398 e. The third-order valence-corrected chi connectivity index (χ3v) is 6.67. The van der Waals surface area contributed by atoms with E-state index in [1.165, 1.54) is 29.0 Å². The van der Waals surface area contributed by atoms with Crippen molar-refractivity contribution in [3.8, 4) is 0 Å². The Morgan fingerprint density at radius 3 is 2.84 bits per heavy atom. The molecular formula is C24H30N6O. The maximum Gasteiger partial charge on any atom is 0.246 e. The van der Waals surface area contributed by atoms with Gasteiger partial charge in [0.15, 0.2) is 0 Å². The summed E-state index contributed by atoms with van der Waals surface area (Å²) in [5, 5.41) is 7.86. The molecule has 2 aliphatic rings. The van der Waals surface area contributed by atoms with Crippen LogP contribution in [0.15, 0.2) is 31.1 Å². The third-order valence-electron chi connectivity index (χ3n) is 6.67. The molecule has 2 atom stereocenters.